The Morgan fingerprint density at radius 1 is 1.22 bits per heavy atom. The summed E-state index contributed by atoms with van der Waals surface area (Å²) in [5.41, 5.74) is 7.45. The zero-order valence-electron chi connectivity index (χ0n) is 17.9. The van der Waals surface area contributed by atoms with Crippen LogP contribution in [-0.2, 0) is 21.2 Å². The van der Waals surface area contributed by atoms with Crippen molar-refractivity contribution in [2.24, 2.45) is 5.73 Å². The van der Waals surface area contributed by atoms with Gasteiger partial charge in [0.05, 0.1) is 24.6 Å². The largest absolute Gasteiger partial charge is 0.493 e. The Kier molecular flexibility index (Phi) is 6.95. The summed E-state index contributed by atoms with van der Waals surface area (Å²) in [5.74, 6) is -0.183. The molecule has 0 unspecified atom stereocenters. The predicted molar refractivity (Wildman–Crippen MR) is 125 cm³/mol. The second-order valence-corrected chi connectivity index (χ2v) is 9.97. The van der Waals surface area contributed by atoms with Gasteiger partial charge in [-0.15, -0.1) is 11.3 Å². The van der Waals surface area contributed by atoms with Crippen LogP contribution in [-0.4, -0.2) is 37.7 Å². The number of carboxylic acids is 1. The van der Waals surface area contributed by atoms with Crippen LogP contribution in [0, 0.1) is 0 Å². The van der Waals surface area contributed by atoms with Gasteiger partial charge in [0.25, 0.3) is 10.0 Å². The summed E-state index contributed by atoms with van der Waals surface area (Å²) in [6, 6.07) is 6.41. The monoisotopic (exact) mass is 476 g/mol. The fraction of sp³-hybridized carbons (Fsp3) is 0.227. The van der Waals surface area contributed by atoms with Crippen molar-refractivity contribution < 1.29 is 27.8 Å². The zero-order chi connectivity index (χ0) is 23.5. The van der Waals surface area contributed by atoms with E-state index >= 15 is 0 Å². The molecule has 0 radical (unpaired) electrons. The van der Waals surface area contributed by atoms with Crippen LogP contribution in [0.15, 0.2) is 52.9 Å². The molecule has 170 valence electrons. The van der Waals surface area contributed by atoms with Crippen LogP contribution in [0.3, 0.4) is 0 Å². The SMILES string of the molecule is C/C=C\C=C(/N)c1ccc(S(=O)(=O)n2cc(CCC(=O)O)c3cc(OC)c(OC)cc32)s1. The van der Waals surface area contributed by atoms with Crippen molar-refractivity contribution in [3.63, 3.8) is 0 Å². The number of carbonyl (C=O) groups is 1. The average molecular weight is 477 g/mol. The normalized spacial score (nSPS) is 12.5. The lowest BCUT2D eigenvalue weighted by atomic mass is 10.1. The summed E-state index contributed by atoms with van der Waals surface area (Å²) >= 11 is 1.06. The molecule has 32 heavy (non-hydrogen) atoms. The molecule has 0 amide bonds. The van der Waals surface area contributed by atoms with Gasteiger partial charge in [-0.25, -0.2) is 3.97 Å². The first kappa shape index (κ1) is 23.4. The number of hydrogen-bond donors (Lipinski definition) is 2. The van der Waals surface area contributed by atoms with Crippen LogP contribution >= 0.6 is 11.3 Å². The molecule has 0 saturated carbocycles. The maximum atomic E-state index is 13.5. The smallest absolute Gasteiger partial charge is 0.303 e. The molecule has 0 aliphatic rings. The van der Waals surface area contributed by atoms with Gasteiger partial charge in [-0.2, -0.15) is 8.42 Å². The Balaban J connectivity index is 2.18. The van der Waals surface area contributed by atoms with Crippen molar-refractivity contribution >= 4 is 43.9 Å². The number of nitrogens with zero attached hydrogens (tertiary/aromatic N) is 1. The number of rotatable bonds is 9. The molecule has 3 N–H and O–H groups in total. The summed E-state index contributed by atoms with van der Waals surface area (Å²) in [4.78, 5) is 11.7. The van der Waals surface area contributed by atoms with Crippen molar-refractivity contribution in [3.05, 3.63) is 59.1 Å². The molecular formula is C22H24N2O6S2. The number of methoxy groups -OCH3 is 2. The highest BCUT2D eigenvalue weighted by atomic mass is 32.2. The highest BCUT2D eigenvalue weighted by molar-refractivity contribution is 7.92. The van der Waals surface area contributed by atoms with Gasteiger partial charge in [0.2, 0.25) is 0 Å². The molecule has 3 rings (SSSR count). The summed E-state index contributed by atoms with van der Waals surface area (Å²) in [6.45, 7) is 1.86. The van der Waals surface area contributed by atoms with Crippen LogP contribution in [0.4, 0.5) is 0 Å². The first-order valence-corrected chi connectivity index (χ1v) is 11.9. The minimum atomic E-state index is -3.97. The number of nitrogens with two attached hydrogens (primary N) is 1. The molecule has 0 bridgehead atoms. The third-order valence-corrected chi connectivity index (χ3v) is 8.09. The lowest BCUT2D eigenvalue weighted by Crippen LogP contribution is -2.10. The Hall–Kier alpha value is -3.24. The second kappa shape index (κ2) is 9.49. The number of ether oxygens (including phenoxy) is 2. The molecule has 0 fully saturated rings. The molecule has 0 atom stereocenters. The number of aliphatic carboxylic acids is 1. The highest BCUT2D eigenvalue weighted by Gasteiger charge is 2.25. The molecule has 10 heteroatoms. The summed E-state index contributed by atoms with van der Waals surface area (Å²) < 4.78 is 39.0. The average Bonchev–Trinajstić information content (AvgIpc) is 3.40. The van der Waals surface area contributed by atoms with Crippen LogP contribution in [0.1, 0.15) is 23.8 Å². The fourth-order valence-corrected chi connectivity index (χ4v) is 5.94. The Morgan fingerprint density at radius 3 is 2.53 bits per heavy atom. The molecule has 2 aromatic heterocycles. The van der Waals surface area contributed by atoms with E-state index in [1.165, 1.54) is 26.5 Å². The second-order valence-electron chi connectivity index (χ2n) is 6.84. The first-order chi connectivity index (χ1) is 15.2. The summed E-state index contributed by atoms with van der Waals surface area (Å²) in [7, 11) is -1.03. The van der Waals surface area contributed by atoms with Crippen LogP contribution in [0.2, 0.25) is 0 Å². The minimum absolute atomic E-state index is 0.112. The van der Waals surface area contributed by atoms with Gasteiger partial charge >= 0.3 is 5.97 Å². The lowest BCUT2D eigenvalue weighted by Gasteiger charge is -2.10. The van der Waals surface area contributed by atoms with E-state index in [-0.39, 0.29) is 17.1 Å². The molecule has 0 aliphatic heterocycles. The number of thiophene rings is 1. The zero-order valence-corrected chi connectivity index (χ0v) is 19.5. The van der Waals surface area contributed by atoms with Crippen molar-refractivity contribution in [1.82, 2.24) is 3.97 Å². The van der Waals surface area contributed by atoms with E-state index < -0.39 is 16.0 Å². The number of carboxylic acid groups (broad SMARTS) is 1. The van der Waals surface area contributed by atoms with Gasteiger partial charge in [0, 0.05) is 29.8 Å². The van der Waals surface area contributed by atoms with E-state index in [0.717, 1.165) is 15.3 Å². The Bertz CT molecular complexity index is 1320. The standard InChI is InChI=1S/C22H24N2O6S2/c1-4-5-6-16(23)20-8-10-22(31-20)32(27,28)24-13-14(7-9-21(25)26)15-11-18(29-2)19(30-3)12-17(15)24/h4-6,8,10-13H,7,9,23H2,1-3H3,(H,25,26)/b5-4-,16-6-. The van der Waals surface area contributed by atoms with E-state index in [2.05, 4.69) is 0 Å². The molecule has 2 heterocycles. The van der Waals surface area contributed by atoms with Crippen molar-refractivity contribution in [3.8, 4) is 11.5 Å². The van der Waals surface area contributed by atoms with E-state index in [9.17, 15) is 13.2 Å². The highest BCUT2D eigenvalue weighted by Crippen LogP contribution is 2.37. The van der Waals surface area contributed by atoms with Gasteiger partial charge in [-0.05, 0) is 43.2 Å². The van der Waals surface area contributed by atoms with Crippen molar-refractivity contribution in [1.29, 1.82) is 0 Å². The molecule has 0 saturated heterocycles. The van der Waals surface area contributed by atoms with Gasteiger partial charge in [-0.3, -0.25) is 4.79 Å². The molecular weight excluding hydrogens is 452 g/mol. The van der Waals surface area contributed by atoms with Crippen LogP contribution < -0.4 is 15.2 Å². The maximum Gasteiger partial charge on any atom is 0.303 e. The molecule has 1 aromatic carbocycles. The molecule has 0 spiro atoms. The van der Waals surface area contributed by atoms with Crippen LogP contribution in [0.25, 0.3) is 16.6 Å². The Morgan fingerprint density at radius 2 is 1.91 bits per heavy atom. The molecule has 0 aliphatic carbocycles. The first-order valence-electron chi connectivity index (χ1n) is 9.65. The number of benzene rings is 1. The van der Waals surface area contributed by atoms with Crippen LogP contribution in [0.5, 0.6) is 11.5 Å². The van der Waals surface area contributed by atoms with Gasteiger partial charge in [0.1, 0.15) is 4.21 Å². The maximum absolute atomic E-state index is 13.5. The fourth-order valence-electron chi connectivity index (χ4n) is 3.22. The topological polar surface area (TPSA) is 121 Å². The number of hydrogen-bond acceptors (Lipinski definition) is 7. The number of aryl methyl sites for hydroxylation is 1. The predicted octanol–water partition coefficient (Wildman–Crippen LogP) is 3.85. The molecule has 3 aromatic rings. The van der Waals surface area contributed by atoms with Gasteiger partial charge < -0.3 is 20.3 Å². The van der Waals surface area contributed by atoms with E-state index in [1.807, 2.05) is 13.0 Å². The van der Waals surface area contributed by atoms with Gasteiger partial charge in [0.15, 0.2) is 11.5 Å². The van der Waals surface area contributed by atoms with Crippen molar-refractivity contribution in [2.45, 2.75) is 24.0 Å². The van der Waals surface area contributed by atoms with E-state index in [1.54, 1.807) is 30.4 Å². The third kappa shape index (κ3) is 4.51. The third-order valence-electron chi connectivity index (χ3n) is 4.81. The lowest BCUT2D eigenvalue weighted by molar-refractivity contribution is -0.136. The minimum Gasteiger partial charge on any atom is -0.493 e. The van der Waals surface area contributed by atoms with Crippen molar-refractivity contribution in [2.75, 3.05) is 14.2 Å². The Labute approximate surface area is 190 Å². The van der Waals surface area contributed by atoms with E-state index in [4.69, 9.17) is 20.3 Å². The quantitative estimate of drug-likeness (QED) is 0.450. The summed E-state index contributed by atoms with van der Waals surface area (Å²) in [5, 5.41) is 9.68. The number of aromatic nitrogens is 1. The number of allylic oxidation sites excluding steroid dienone is 3. The molecule has 8 nitrogen and oxygen atoms in total. The van der Waals surface area contributed by atoms with E-state index in [0.29, 0.717) is 38.5 Å². The van der Waals surface area contributed by atoms with Gasteiger partial charge in [-0.1, -0.05) is 12.2 Å². The number of fused-ring (bicyclic) bond motifs is 1. The summed E-state index contributed by atoms with van der Waals surface area (Å²) in [6.07, 6.45) is 6.79.